The number of hydrogen-bond acceptors (Lipinski definition) is 7. The molecule has 0 spiro atoms. The number of aryl methyl sites for hydroxylation is 1. The molecule has 118 valence electrons. The number of benzene rings is 1. The lowest BCUT2D eigenvalue weighted by Crippen LogP contribution is -2.32. The van der Waals surface area contributed by atoms with Crippen LogP contribution in [0.5, 0.6) is 0 Å². The highest BCUT2D eigenvalue weighted by atomic mass is 32.2. The number of thioether (sulfide) groups is 1. The van der Waals surface area contributed by atoms with E-state index in [9.17, 15) is 14.4 Å². The fourth-order valence-corrected chi connectivity index (χ4v) is 3.68. The third kappa shape index (κ3) is 3.40. The first-order valence-electron chi connectivity index (χ1n) is 6.74. The van der Waals surface area contributed by atoms with Crippen molar-refractivity contribution >= 4 is 51.0 Å². The van der Waals surface area contributed by atoms with Crippen molar-refractivity contribution in [3.05, 3.63) is 35.3 Å². The molecule has 1 fully saturated rings. The molecule has 1 atom stereocenters. The number of hydrogen-bond donors (Lipinski definition) is 1. The van der Waals surface area contributed by atoms with E-state index in [2.05, 4.69) is 15.5 Å². The number of amides is 3. The molecule has 3 rings (SSSR count). The van der Waals surface area contributed by atoms with Gasteiger partial charge in [0.2, 0.25) is 16.9 Å². The molecule has 2 heterocycles. The van der Waals surface area contributed by atoms with Gasteiger partial charge in [0.1, 0.15) is 10.3 Å². The number of nitrogens with one attached hydrogen (secondary N) is 1. The highest BCUT2D eigenvalue weighted by Gasteiger charge is 2.41. The smallest absolute Gasteiger partial charge is 0.293 e. The van der Waals surface area contributed by atoms with E-state index in [0.717, 1.165) is 21.7 Å². The van der Waals surface area contributed by atoms with Crippen LogP contribution in [0.15, 0.2) is 30.3 Å². The van der Waals surface area contributed by atoms with Gasteiger partial charge in [0.15, 0.2) is 0 Å². The summed E-state index contributed by atoms with van der Waals surface area (Å²) in [7, 11) is 0. The third-order valence-corrected chi connectivity index (χ3v) is 4.87. The summed E-state index contributed by atoms with van der Waals surface area (Å²) in [5, 5.41) is 10.2. The minimum Gasteiger partial charge on any atom is -0.300 e. The monoisotopic (exact) mass is 348 g/mol. The van der Waals surface area contributed by atoms with E-state index in [0.29, 0.717) is 10.8 Å². The maximum Gasteiger partial charge on any atom is 0.293 e. The number of carbonyl (C=O) groups is 3. The molecule has 1 N–H and O–H groups in total. The number of rotatable bonds is 4. The average molecular weight is 348 g/mol. The lowest BCUT2D eigenvalue weighted by atomic mass is 10.2. The molecule has 1 aliphatic heterocycles. The predicted molar refractivity (Wildman–Crippen MR) is 88.6 cm³/mol. The Balaban J connectivity index is 1.66. The van der Waals surface area contributed by atoms with Gasteiger partial charge >= 0.3 is 0 Å². The van der Waals surface area contributed by atoms with Crippen LogP contribution in [0.25, 0.3) is 0 Å². The first kappa shape index (κ1) is 15.6. The van der Waals surface area contributed by atoms with E-state index in [1.807, 2.05) is 0 Å². The topological polar surface area (TPSA) is 92.3 Å². The van der Waals surface area contributed by atoms with Gasteiger partial charge in [-0.05, 0) is 30.8 Å². The van der Waals surface area contributed by atoms with Crippen molar-refractivity contribution < 1.29 is 14.4 Å². The number of imide groups is 1. The van der Waals surface area contributed by atoms with Crippen molar-refractivity contribution in [1.29, 1.82) is 0 Å². The number of para-hydroxylation sites is 1. The first-order chi connectivity index (χ1) is 11.0. The van der Waals surface area contributed by atoms with E-state index in [1.54, 1.807) is 37.3 Å². The standard InChI is InChI=1S/C14H12N4O3S2/c1-8-16-17-13(22-8)15-11(19)7-10-12(20)18(14(21)23-10)9-5-3-2-4-6-9/h2-6,10H,7H2,1H3,(H,15,17,19)/t10-/m0/s1. The van der Waals surface area contributed by atoms with Crippen molar-refractivity contribution in [2.24, 2.45) is 0 Å². The second-order valence-electron chi connectivity index (χ2n) is 4.76. The van der Waals surface area contributed by atoms with Crippen molar-refractivity contribution in [3.63, 3.8) is 0 Å². The molecule has 1 aromatic heterocycles. The van der Waals surface area contributed by atoms with Gasteiger partial charge in [0.05, 0.1) is 5.69 Å². The van der Waals surface area contributed by atoms with E-state index in [1.165, 1.54) is 11.3 Å². The number of anilines is 2. The summed E-state index contributed by atoms with van der Waals surface area (Å²) in [5.41, 5.74) is 0.512. The van der Waals surface area contributed by atoms with E-state index < -0.39 is 5.25 Å². The molecule has 1 aromatic carbocycles. The molecule has 0 aliphatic carbocycles. The largest absolute Gasteiger partial charge is 0.300 e. The normalized spacial score (nSPS) is 17.6. The van der Waals surface area contributed by atoms with Crippen LogP contribution in [-0.4, -0.2) is 32.5 Å². The molecule has 0 bridgehead atoms. The zero-order valence-electron chi connectivity index (χ0n) is 12.1. The molecule has 3 amide bonds. The second kappa shape index (κ2) is 6.47. The molecule has 0 unspecified atom stereocenters. The van der Waals surface area contributed by atoms with Crippen molar-refractivity contribution in [2.45, 2.75) is 18.6 Å². The number of nitrogens with zero attached hydrogens (tertiary/aromatic N) is 3. The lowest BCUT2D eigenvalue weighted by molar-refractivity contribution is -0.121. The van der Waals surface area contributed by atoms with Crippen molar-refractivity contribution in [2.75, 3.05) is 10.2 Å². The second-order valence-corrected chi connectivity index (χ2v) is 7.10. The van der Waals surface area contributed by atoms with Crippen molar-refractivity contribution in [1.82, 2.24) is 10.2 Å². The molecule has 2 aromatic rings. The first-order valence-corrected chi connectivity index (χ1v) is 8.44. The molecule has 7 nitrogen and oxygen atoms in total. The Labute approximate surface area is 140 Å². The Kier molecular flexibility index (Phi) is 4.39. The fraction of sp³-hybridized carbons (Fsp3) is 0.214. The van der Waals surface area contributed by atoms with Crippen LogP contribution in [0, 0.1) is 6.92 Å². The van der Waals surface area contributed by atoms with Crippen molar-refractivity contribution in [3.8, 4) is 0 Å². The minimum absolute atomic E-state index is 0.0861. The maximum absolute atomic E-state index is 12.4. The van der Waals surface area contributed by atoms with Gasteiger partial charge in [-0.15, -0.1) is 10.2 Å². The molecule has 1 aliphatic rings. The summed E-state index contributed by atoms with van der Waals surface area (Å²) in [5.74, 6) is -0.746. The molecule has 0 radical (unpaired) electrons. The van der Waals surface area contributed by atoms with E-state index >= 15 is 0 Å². The van der Waals surface area contributed by atoms with Crippen LogP contribution < -0.4 is 10.2 Å². The highest BCUT2D eigenvalue weighted by Crippen LogP contribution is 2.33. The Bertz CT molecular complexity index is 762. The van der Waals surface area contributed by atoms with Gasteiger partial charge in [0, 0.05) is 6.42 Å². The van der Waals surface area contributed by atoms with Crippen LogP contribution in [-0.2, 0) is 9.59 Å². The summed E-state index contributed by atoms with van der Waals surface area (Å²) in [6.45, 7) is 1.78. The maximum atomic E-state index is 12.4. The summed E-state index contributed by atoms with van der Waals surface area (Å²) in [6, 6.07) is 8.67. The quantitative estimate of drug-likeness (QED) is 0.912. The van der Waals surface area contributed by atoms with Crippen LogP contribution in [0.2, 0.25) is 0 Å². The third-order valence-electron chi connectivity index (χ3n) is 3.08. The van der Waals surface area contributed by atoms with Crippen LogP contribution in [0.4, 0.5) is 15.6 Å². The zero-order valence-corrected chi connectivity index (χ0v) is 13.7. The molecular formula is C14H12N4O3S2. The van der Waals surface area contributed by atoms with Crippen LogP contribution in [0.3, 0.4) is 0 Å². The average Bonchev–Trinajstić information content (AvgIpc) is 3.04. The van der Waals surface area contributed by atoms with Gasteiger partial charge in [-0.2, -0.15) is 0 Å². The van der Waals surface area contributed by atoms with Gasteiger partial charge < -0.3 is 5.32 Å². The van der Waals surface area contributed by atoms with Gasteiger partial charge in [-0.1, -0.05) is 29.5 Å². The Morgan fingerprint density at radius 3 is 2.65 bits per heavy atom. The van der Waals surface area contributed by atoms with Crippen LogP contribution >= 0.6 is 23.1 Å². The molecular weight excluding hydrogens is 336 g/mol. The Hall–Kier alpha value is -2.26. The minimum atomic E-state index is -0.725. The molecule has 9 heteroatoms. The highest BCUT2D eigenvalue weighted by molar-refractivity contribution is 8.15. The SMILES string of the molecule is Cc1nnc(NC(=O)C[C@@H]2SC(=O)N(c3ccccc3)C2=O)s1. The van der Waals surface area contributed by atoms with Gasteiger partial charge in [-0.3, -0.25) is 14.4 Å². The number of aromatic nitrogens is 2. The molecule has 1 saturated heterocycles. The summed E-state index contributed by atoms with van der Waals surface area (Å²) in [4.78, 5) is 37.6. The number of carbonyl (C=O) groups excluding carboxylic acids is 3. The predicted octanol–water partition coefficient (Wildman–Crippen LogP) is 2.44. The fourth-order valence-electron chi connectivity index (χ4n) is 2.08. The summed E-state index contributed by atoms with van der Waals surface area (Å²) >= 11 is 2.11. The Morgan fingerprint density at radius 2 is 2.00 bits per heavy atom. The lowest BCUT2D eigenvalue weighted by Gasteiger charge is -2.13. The summed E-state index contributed by atoms with van der Waals surface area (Å²) < 4.78 is 0. The molecule has 23 heavy (non-hydrogen) atoms. The van der Waals surface area contributed by atoms with E-state index in [4.69, 9.17) is 0 Å². The van der Waals surface area contributed by atoms with E-state index in [-0.39, 0.29) is 23.5 Å². The molecule has 0 saturated carbocycles. The zero-order chi connectivity index (χ0) is 16.4. The summed E-state index contributed by atoms with van der Waals surface area (Å²) in [6.07, 6.45) is -0.0861. The Morgan fingerprint density at radius 1 is 1.26 bits per heavy atom. The van der Waals surface area contributed by atoms with Crippen LogP contribution in [0.1, 0.15) is 11.4 Å². The van der Waals surface area contributed by atoms with Gasteiger partial charge in [-0.25, -0.2) is 4.90 Å². The van der Waals surface area contributed by atoms with Gasteiger partial charge in [0.25, 0.3) is 5.24 Å².